The van der Waals surface area contributed by atoms with Crippen molar-refractivity contribution in [2.24, 2.45) is 0 Å². The van der Waals surface area contributed by atoms with Gasteiger partial charge in [0.1, 0.15) is 39.5 Å². The van der Waals surface area contributed by atoms with Crippen molar-refractivity contribution in [1.82, 2.24) is 19.9 Å². The van der Waals surface area contributed by atoms with Crippen molar-refractivity contribution in [2.75, 3.05) is 0 Å². The van der Waals surface area contributed by atoms with Crippen LogP contribution >= 0.6 is 0 Å². The molecule has 2 bridgehead atoms. The molecule has 4 N–H and O–H groups in total. The normalized spacial score (nSPS) is 20.4. The van der Waals surface area contributed by atoms with Crippen LogP contribution in [-0.2, 0) is 12.2 Å². The second-order valence-corrected chi connectivity index (χ2v) is 8.86. The second kappa shape index (κ2) is 6.51. The highest BCUT2D eigenvalue weighted by Gasteiger charge is 2.49. The van der Waals surface area contributed by atoms with Gasteiger partial charge in [-0.15, -0.1) is 0 Å². The number of aromatic hydroxyl groups is 2. The van der Waals surface area contributed by atoms with E-state index in [1.54, 1.807) is 24.3 Å². The molecule has 0 fully saturated rings. The Hall–Kier alpha value is -4.57. The fourth-order valence-electron chi connectivity index (χ4n) is 5.24. The van der Waals surface area contributed by atoms with Crippen molar-refractivity contribution >= 4 is 39.1 Å². The zero-order valence-corrected chi connectivity index (χ0v) is 17.9. The summed E-state index contributed by atoms with van der Waals surface area (Å²) < 4.78 is 6.03. The van der Waals surface area contributed by atoms with E-state index in [0.29, 0.717) is 34.2 Å². The molecule has 5 aromatic rings. The first-order valence-electron chi connectivity index (χ1n) is 10.9. The fourth-order valence-corrected chi connectivity index (χ4v) is 5.24. The number of hydrogen-bond acceptors (Lipinski definition) is 9. The molecule has 1 aliphatic heterocycles. The molecule has 2 aromatic heterocycles. The van der Waals surface area contributed by atoms with Crippen LogP contribution < -0.4 is 4.74 Å². The van der Waals surface area contributed by atoms with Gasteiger partial charge in [0.2, 0.25) is 0 Å². The number of rotatable bonds is 1. The minimum Gasteiger partial charge on any atom is -0.506 e. The fraction of sp³-hybridized carbons (Fsp3) is 0.160. The summed E-state index contributed by atoms with van der Waals surface area (Å²) in [6, 6.07) is 11.0. The molecule has 2 atom stereocenters. The molecule has 10 heteroatoms. The van der Waals surface area contributed by atoms with Crippen LogP contribution in [0, 0.1) is 0 Å². The molecule has 0 unspecified atom stereocenters. The molecule has 0 saturated carbocycles. The van der Waals surface area contributed by atoms with Crippen LogP contribution in [0.4, 0.5) is 0 Å². The molecule has 0 radical (unpaired) electrons. The number of nitrogens with zero attached hydrogens (tertiary/aromatic N) is 4. The van der Waals surface area contributed by atoms with Gasteiger partial charge in [0, 0.05) is 17.9 Å². The highest BCUT2D eigenvalue weighted by Crippen LogP contribution is 2.52. The van der Waals surface area contributed by atoms with Crippen molar-refractivity contribution in [3.63, 3.8) is 0 Å². The van der Waals surface area contributed by atoms with E-state index in [9.17, 15) is 25.2 Å². The lowest BCUT2D eigenvalue weighted by molar-refractivity contribution is -0.172. The number of fused-ring (bicyclic) bond motifs is 10. The van der Waals surface area contributed by atoms with Crippen LogP contribution in [-0.4, -0.2) is 46.3 Å². The van der Waals surface area contributed by atoms with Crippen LogP contribution in [0.1, 0.15) is 39.6 Å². The maximum absolute atomic E-state index is 12.1. The third-order valence-corrected chi connectivity index (χ3v) is 6.72. The van der Waals surface area contributed by atoms with Gasteiger partial charge in [0.05, 0.1) is 27.8 Å². The van der Waals surface area contributed by atoms with Crippen molar-refractivity contribution in [2.45, 2.75) is 24.5 Å². The zero-order valence-electron chi connectivity index (χ0n) is 17.9. The number of hydrogen-bond donors (Lipinski definition) is 4. The number of aromatic nitrogens is 4. The lowest BCUT2D eigenvalue weighted by Crippen LogP contribution is -2.44. The Bertz CT molecular complexity index is 1770. The predicted molar refractivity (Wildman–Crippen MR) is 122 cm³/mol. The van der Waals surface area contributed by atoms with Gasteiger partial charge >= 0.3 is 5.97 Å². The van der Waals surface area contributed by atoms with E-state index in [1.165, 1.54) is 18.2 Å². The summed E-state index contributed by atoms with van der Waals surface area (Å²) in [4.78, 5) is 30.4. The van der Waals surface area contributed by atoms with Gasteiger partial charge in [-0.2, -0.15) is 0 Å². The molecule has 1 aliphatic carbocycles. The summed E-state index contributed by atoms with van der Waals surface area (Å²) in [7, 11) is 0. The van der Waals surface area contributed by atoms with E-state index in [0.717, 1.165) is 0 Å². The number of phenolic OH excluding ortho intramolecular Hbond substituents is 2. The minimum absolute atomic E-state index is 0.0655. The first-order chi connectivity index (χ1) is 16.8. The van der Waals surface area contributed by atoms with Crippen LogP contribution in [0.15, 0.2) is 42.5 Å². The number of carbonyl (C=O) groups is 1. The largest absolute Gasteiger partial charge is 0.506 e. The summed E-state index contributed by atoms with van der Waals surface area (Å²) >= 11 is 0. The first-order valence-corrected chi connectivity index (χ1v) is 10.9. The molecule has 2 aliphatic rings. The van der Waals surface area contributed by atoms with Gasteiger partial charge in [0.25, 0.3) is 5.79 Å². The molecule has 10 nitrogen and oxygen atoms in total. The number of phenols is 2. The molecular weight excluding hydrogens is 452 g/mol. The van der Waals surface area contributed by atoms with Crippen molar-refractivity contribution < 1.29 is 30.0 Å². The van der Waals surface area contributed by atoms with E-state index in [-0.39, 0.29) is 57.4 Å². The Balaban J connectivity index is 1.52. The predicted octanol–water partition coefficient (Wildman–Crippen LogP) is 3.10. The van der Waals surface area contributed by atoms with Crippen molar-refractivity contribution in [3.8, 4) is 17.2 Å². The van der Waals surface area contributed by atoms with Gasteiger partial charge in [-0.05, 0) is 36.8 Å². The van der Waals surface area contributed by atoms with Gasteiger partial charge in [-0.25, -0.2) is 24.7 Å². The number of aliphatic hydroxyl groups is 1. The van der Waals surface area contributed by atoms with Gasteiger partial charge in [-0.1, -0.05) is 12.1 Å². The standard InChI is InChI=1S/C25H16N4O6/c30-15-5-2-4-13-20(15)28-19-11(24(32)33)8-17-18(22(19)27-13)10-7-14-23(25(34,9-10)35-17)29-21-12(26-14)3-1-6-16(21)31/h1-6,8,10,30-31,34H,7,9H2,(H,32,33)/t10-,25-/m1/s1. The lowest BCUT2D eigenvalue weighted by Gasteiger charge is -2.42. The monoisotopic (exact) mass is 468 g/mol. The van der Waals surface area contributed by atoms with E-state index >= 15 is 0 Å². The smallest absolute Gasteiger partial charge is 0.338 e. The van der Waals surface area contributed by atoms with Crippen molar-refractivity contribution in [1.29, 1.82) is 0 Å². The Morgan fingerprint density at radius 1 is 0.914 bits per heavy atom. The molecule has 0 amide bonds. The maximum Gasteiger partial charge on any atom is 0.338 e. The van der Waals surface area contributed by atoms with Gasteiger partial charge < -0.3 is 25.2 Å². The summed E-state index contributed by atoms with van der Waals surface area (Å²) in [5.41, 5.74) is 2.96. The Morgan fingerprint density at radius 3 is 2.31 bits per heavy atom. The SMILES string of the molecule is O=C(O)c1cc2c(c3nc4cccc(O)c4nc13)[C@@H]1Cc3nc4cccc(O)c4nc3[C@@](O)(C1)O2. The molecule has 0 saturated heterocycles. The second-order valence-electron chi connectivity index (χ2n) is 8.86. The van der Waals surface area contributed by atoms with Gasteiger partial charge in [0.15, 0.2) is 0 Å². The molecule has 172 valence electrons. The number of aromatic carboxylic acids is 1. The lowest BCUT2D eigenvalue weighted by atomic mass is 9.77. The molecular formula is C25H16N4O6. The number of carboxylic acids is 1. The van der Waals surface area contributed by atoms with Crippen LogP contribution in [0.2, 0.25) is 0 Å². The third-order valence-electron chi connectivity index (χ3n) is 6.72. The van der Waals surface area contributed by atoms with Crippen LogP contribution in [0.25, 0.3) is 33.1 Å². The minimum atomic E-state index is -1.86. The average Bonchev–Trinajstić information content (AvgIpc) is 2.82. The molecule has 3 heterocycles. The highest BCUT2D eigenvalue weighted by molar-refractivity contribution is 6.05. The average molecular weight is 468 g/mol. The Kier molecular flexibility index (Phi) is 3.70. The number of para-hydroxylation sites is 2. The first kappa shape index (κ1) is 19.9. The number of ether oxygens (including phenoxy) is 1. The number of carboxylic acid groups (broad SMARTS) is 1. The highest BCUT2D eigenvalue weighted by atomic mass is 16.6. The summed E-state index contributed by atoms with van der Waals surface area (Å²) in [5, 5.41) is 41.9. The Morgan fingerprint density at radius 2 is 1.60 bits per heavy atom. The van der Waals surface area contributed by atoms with E-state index < -0.39 is 11.8 Å². The van der Waals surface area contributed by atoms with Crippen LogP contribution in [0.5, 0.6) is 17.2 Å². The molecule has 0 spiro atoms. The molecule has 35 heavy (non-hydrogen) atoms. The molecule has 7 rings (SSSR count). The zero-order chi connectivity index (χ0) is 24.1. The summed E-state index contributed by atoms with van der Waals surface area (Å²) in [6.45, 7) is 0. The number of benzene rings is 3. The maximum atomic E-state index is 12.1. The van der Waals surface area contributed by atoms with Crippen molar-refractivity contribution in [3.05, 3.63) is 65.0 Å². The third kappa shape index (κ3) is 2.65. The van der Waals surface area contributed by atoms with Gasteiger partial charge in [-0.3, -0.25) is 0 Å². The Labute approximate surface area is 196 Å². The van der Waals surface area contributed by atoms with E-state index in [2.05, 4.69) is 19.9 Å². The van der Waals surface area contributed by atoms with Crippen LogP contribution in [0.3, 0.4) is 0 Å². The quantitative estimate of drug-likeness (QED) is 0.269. The molecule has 3 aromatic carbocycles. The summed E-state index contributed by atoms with van der Waals surface area (Å²) in [6.07, 6.45) is 0.538. The van der Waals surface area contributed by atoms with E-state index in [4.69, 9.17) is 4.74 Å². The van der Waals surface area contributed by atoms with E-state index in [1.807, 2.05) is 0 Å². The topological polar surface area (TPSA) is 159 Å². The summed E-state index contributed by atoms with van der Waals surface area (Å²) in [5.74, 6) is -3.41.